The molecule has 0 unspecified atom stereocenters. The fraction of sp³-hybridized carbons (Fsp3) is 0.500. The fourth-order valence-electron chi connectivity index (χ4n) is 2.07. The van der Waals surface area contributed by atoms with Crippen LogP contribution in [0, 0.1) is 6.92 Å². The summed E-state index contributed by atoms with van der Waals surface area (Å²) in [6.07, 6.45) is 1.93. The summed E-state index contributed by atoms with van der Waals surface area (Å²) in [7, 11) is 1.85. The molecule has 3 nitrogen and oxygen atoms in total. The molecule has 0 aliphatic rings. The standard InChI is InChI=1S/C14H22N2O/c1-5-11(6-2)16(4)14(17)12-8-7-10(3)9-13(12)15/h7-9,11H,5-6,15H2,1-4H3. The number of hydrogen-bond acceptors (Lipinski definition) is 2. The Bertz CT molecular complexity index is 397. The number of amides is 1. The van der Waals surface area contributed by atoms with Crippen LogP contribution in [0.1, 0.15) is 42.6 Å². The molecule has 0 atom stereocenters. The lowest BCUT2D eigenvalue weighted by Crippen LogP contribution is -2.36. The second kappa shape index (κ2) is 5.71. The molecule has 3 heteroatoms. The quantitative estimate of drug-likeness (QED) is 0.814. The van der Waals surface area contributed by atoms with Gasteiger partial charge in [-0.25, -0.2) is 0 Å². The van der Waals surface area contributed by atoms with Gasteiger partial charge < -0.3 is 10.6 Å². The first-order valence-electron chi connectivity index (χ1n) is 6.14. The van der Waals surface area contributed by atoms with Gasteiger partial charge in [-0.05, 0) is 37.5 Å². The Morgan fingerprint density at radius 3 is 2.41 bits per heavy atom. The zero-order valence-electron chi connectivity index (χ0n) is 11.2. The third kappa shape index (κ3) is 2.99. The van der Waals surface area contributed by atoms with Gasteiger partial charge in [-0.1, -0.05) is 19.9 Å². The molecular formula is C14H22N2O. The Balaban J connectivity index is 2.96. The van der Waals surface area contributed by atoms with Gasteiger partial charge >= 0.3 is 0 Å². The lowest BCUT2D eigenvalue weighted by molar-refractivity contribution is 0.0725. The lowest BCUT2D eigenvalue weighted by Gasteiger charge is -2.26. The summed E-state index contributed by atoms with van der Waals surface area (Å²) >= 11 is 0. The molecule has 0 aromatic heterocycles. The second-order valence-corrected chi connectivity index (χ2v) is 4.48. The van der Waals surface area contributed by atoms with Crippen LogP contribution >= 0.6 is 0 Å². The van der Waals surface area contributed by atoms with Crippen molar-refractivity contribution in [3.63, 3.8) is 0 Å². The summed E-state index contributed by atoms with van der Waals surface area (Å²) in [6, 6.07) is 5.85. The number of nitrogen functional groups attached to an aromatic ring is 1. The van der Waals surface area contributed by atoms with Crippen LogP contribution < -0.4 is 5.73 Å². The summed E-state index contributed by atoms with van der Waals surface area (Å²) in [5, 5.41) is 0. The highest BCUT2D eigenvalue weighted by molar-refractivity contribution is 5.99. The van der Waals surface area contributed by atoms with E-state index in [2.05, 4.69) is 13.8 Å². The average molecular weight is 234 g/mol. The minimum Gasteiger partial charge on any atom is -0.398 e. The molecule has 0 heterocycles. The van der Waals surface area contributed by atoms with Gasteiger partial charge in [0.15, 0.2) is 0 Å². The molecule has 0 bridgehead atoms. The predicted octanol–water partition coefficient (Wildman–Crippen LogP) is 2.84. The molecule has 1 amide bonds. The average Bonchev–Trinajstić information content (AvgIpc) is 2.29. The smallest absolute Gasteiger partial charge is 0.255 e. The van der Waals surface area contributed by atoms with Gasteiger partial charge in [0.1, 0.15) is 0 Å². The SMILES string of the molecule is CCC(CC)N(C)C(=O)c1ccc(C)cc1N. The van der Waals surface area contributed by atoms with E-state index in [9.17, 15) is 4.79 Å². The molecule has 1 aromatic rings. The van der Waals surface area contributed by atoms with E-state index in [1.807, 2.05) is 32.2 Å². The summed E-state index contributed by atoms with van der Waals surface area (Å²) < 4.78 is 0. The number of anilines is 1. The number of carbonyl (C=O) groups is 1. The predicted molar refractivity (Wildman–Crippen MR) is 72.1 cm³/mol. The van der Waals surface area contributed by atoms with E-state index >= 15 is 0 Å². The van der Waals surface area contributed by atoms with Gasteiger partial charge in [0.05, 0.1) is 5.56 Å². The molecular weight excluding hydrogens is 212 g/mol. The summed E-state index contributed by atoms with van der Waals surface area (Å²) in [5.41, 5.74) is 8.13. The maximum Gasteiger partial charge on any atom is 0.255 e. The van der Waals surface area contributed by atoms with Crippen LogP contribution in [-0.4, -0.2) is 23.9 Å². The van der Waals surface area contributed by atoms with Crippen LogP contribution in [-0.2, 0) is 0 Å². The molecule has 0 saturated carbocycles. The maximum absolute atomic E-state index is 12.3. The number of carbonyl (C=O) groups excluding carboxylic acids is 1. The monoisotopic (exact) mass is 234 g/mol. The minimum absolute atomic E-state index is 0.0104. The fourth-order valence-corrected chi connectivity index (χ4v) is 2.07. The van der Waals surface area contributed by atoms with Crippen molar-refractivity contribution < 1.29 is 4.79 Å². The number of aryl methyl sites for hydroxylation is 1. The summed E-state index contributed by atoms with van der Waals surface area (Å²) in [4.78, 5) is 14.1. The van der Waals surface area contributed by atoms with Crippen LogP contribution in [0.15, 0.2) is 18.2 Å². The molecule has 2 N–H and O–H groups in total. The van der Waals surface area contributed by atoms with Gasteiger partial charge in [0, 0.05) is 18.8 Å². The van der Waals surface area contributed by atoms with Crippen molar-refractivity contribution in [1.82, 2.24) is 4.90 Å². The normalized spacial score (nSPS) is 10.6. The Hall–Kier alpha value is -1.51. The third-order valence-corrected chi connectivity index (χ3v) is 3.25. The first kappa shape index (κ1) is 13.6. The highest BCUT2D eigenvalue weighted by Gasteiger charge is 2.19. The molecule has 0 aliphatic heterocycles. The number of nitrogens with two attached hydrogens (primary N) is 1. The van der Waals surface area contributed by atoms with Crippen molar-refractivity contribution in [1.29, 1.82) is 0 Å². The summed E-state index contributed by atoms with van der Waals surface area (Å²) in [6.45, 7) is 6.15. The number of rotatable bonds is 4. The first-order chi connectivity index (χ1) is 8.01. The maximum atomic E-state index is 12.3. The van der Waals surface area contributed by atoms with Crippen LogP contribution in [0.25, 0.3) is 0 Å². The van der Waals surface area contributed by atoms with E-state index in [0.717, 1.165) is 18.4 Å². The van der Waals surface area contributed by atoms with E-state index in [0.29, 0.717) is 11.3 Å². The van der Waals surface area contributed by atoms with Crippen LogP contribution in [0.4, 0.5) is 5.69 Å². The number of hydrogen-bond donors (Lipinski definition) is 1. The molecule has 0 saturated heterocycles. The van der Waals surface area contributed by atoms with Crippen molar-refractivity contribution in [3.05, 3.63) is 29.3 Å². The van der Waals surface area contributed by atoms with E-state index < -0.39 is 0 Å². The van der Waals surface area contributed by atoms with Crippen molar-refractivity contribution in [3.8, 4) is 0 Å². The summed E-state index contributed by atoms with van der Waals surface area (Å²) in [5.74, 6) is 0.0104. The van der Waals surface area contributed by atoms with Crippen LogP contribution in [0.2, 0.25) is 0 Å². The Morgan fingerprint density at radius 2 is 1.94 bits per heavy atom. The number of benzene rings is 1. The topological polar surface area (TPSA) is 46.3 Å². The molecule has 0 radical (unpaired) electrons. The van der Waals surface area contributed by atoms with Gasteiger partial charge in [-0.3, -0.25) is 4.79 Å². The molecule has 0 spiro atoms. The van der Waals surface area contributed by atoms with E-state index in [-0.39, 0.29) is 11.9 Å². The second-order valence-electron chi connectivity index (χ2n) is 4.48. The van der Waals surface area contributed by atoms with Crippen molar-refractivity contribution in [2.45, 2.75) is 39.7 Å². The number of nitrogens with zero attached hydrogens (tertiary/aromatic N) is 1. The first-order valence-corrected chi connectivity index (χ1v) is 6.14. The van der Waals surface area contributed by atoms with Crippen molar-refractivity contribution in [2.24, 2.45) is 0 Å². The molecule has 1 aromatic carbocycles. The highest BCUT2D eigenvalue weighted by Crippen LogP contribution is 2.18. The largest absolute Gasteiger partial charge is 0.398 e. The molecule has 94 valence electrons. The van der Waals surface area contributed by atoms with Gasteiger partial charge in [0.2, 0.25) is 0 Å². The Labute approximate surface area is 104 Å². The van der Waals surface area contributed by atoms with Crippen molar-refractivity contribution in [2.75, 3.05) is 12.8 Å². The Morgan fingerprint density at radius 1 is 1.35 bits per heavy atom. The molecule has 0 fully saturated rings. The van der Waals surface area contributed by atoms with Gasteiger partial charge in [-0.15, -0.1) is 0 Å². The van der Waals surface area contributed by atoms with E-state index in [1.165, 1.54) is 0 Å². The van der Waals surface area contributed by atoms with Crippen LogP contribution in [0.3, 0.4) is 0 Å². The molecule has 1 rings (SSSR count). The van der Waals surface area contributed by atoms with E-state index in [4.69, 9.17) is 5.73 Å². The molecule has 17 heavy (non-hydrogen) atoms. The van der Waals surface area contributed by atoms with Gasteiger partial charge in [-0.2, -0.15) is 0 Å². The minimum atomic E-state index is 0.0104. The highest BCUT2D eigenvalue weighted by atomic mass is 16.2. The van der Waals surface area contributed by atoms with Crippen molar-refractivity contribution >= 4 is 11.6 Å². The molecule has 0 aliphatic carbocycles. The zero-order chi connectivity index (χ0) is 13.0. The van der Waals surface area contributed by atoms with Crippen LogP contribution in [0.5, 0.6) is 0 Å². The van der Waals surface area contributed by atoms with E-state index in [1.54, 1.807) is 4.90 Å². The third-order valence-electron chi connectivity index (χ3n) is 3.25. The zero-order valence-corrected chi connectivity index (χ0v) is 11.2. The van der Waals surface area contributed by atoms with Gasteiger partial charge in [0.25, 0.3) is 5.91 Å². The lowest BCUT2D eigenvalue weighted by atomic mass is 10.1. The Kier molecular flexibility index (Phi) is 4.55.